The minimum Gasteiger partial charge on any atom is -0.493 e. The normalized spacial score (nSPS) is 14.1. The molecule has 0 heterocycles. The summed E-state index contributed by atoms with van der Waals surface area (Å²) in [6.45, 7) is 3.95. The van der Waals surface area contributed by atoms with Crippen LogP contribution in [0.15, 0.2) is 18.2 Å². The summed E-state index contributed by atoms with van der Waals surface area (Å²) in [7, 11) is 1.61. The van der Waals surface area contributed by atoms with Gasteiger partial charge in [0.1, 0.15) is 6.10 Å². The van der Waals surface area contributed by atoms with Crippen molar-refractivity contribution in [3.63, 3.8) is 0 Å². The average Bonchev–Trinajstić information content (AvgIpc) is 2.43. The van der Waals surface area contributed by atoms with Crippen molar-refractivity contribution in [3.05, 3.63) is 23.8 Å². The van der Waals surface area contributed by atoms with Gasteiger partial charge in [-0.05, 0) is 30.5 Å². The van der Waals surface area contributed by atoms with E-state index in [1.807, 2.05) is 25.1 Å². The summed E-state index contributed by atoms with van der Waals surface area (Å²) >= 11 is 0. The van der Waals surface area contributed by atoms with Gasteiger partial charge in [0.25, 0.3) is 0 Å². The number of nitrogens with two attached hydrogens (primary N) is 1. The van der Waals surface area contributed by atoms with Crippen molar-refractivity contribution in [1.29, 1.82) is 0 Å². The maximum absolute atomic E-state index is 9.31. The van der Waals surface area contributed by atoms with Gasteiger partial charge < -0.3 is 20.3 Å². The Morgan fingerprint density at radius 3 is 2.50 bits per heavy atom. The predicted octanol–water partition coefficient (Wildman–Crippen LogP) is 1.73. The van der Waals surface area contributed by atoms with E-state index in [0.717, 1.165) is 12.8 Å². The first-order valence-corrected chi connectivity index (χ1v) is 6.36. The molecule has 0 aliphatic heterocycles. The monoisotopic (exact) mass is 253 g/mol. The number of aliphatic hydroxyl groups is 1. The molecule has 0 saturated carbocycles. The number of hydrogen-bond acceptors (Lipinski definition) is 4. The Labute approximate surface area is 109 Å². The fourth-order valence-corrected chi connectivity index (χ4v) is 1.72. The highest BCUT2D eigenvalue weighted by Crippen LogP contribution is 2.29. The smallest absolute Gasteiger partial charge is 0.161 e. The van der Waals surface area contributed by atoms with Crippen molar-refractivity contribution in [2.75, 3.05) is 13.7 Å². The van der Waals surface area contributed by atoms with E-state index in [-0.39, 0.29) is 12.6 Å². The molecule has 0 amide bonds. The quantitative estimate of drug-likeness (QED) is 0.777. The predicted molar refractivity (Wildman–Crippen MR) is 72.1 cm³/mol. The van der Waals surface area contributed by atoms with Crippen molar-refractivity contribution in [1.82, 2.24) is 0 Å². The van der Waals surface area contributed by atoms with Crippen LogP contribution in [-0.4, -0.2) is 31.0 Å². The van der Waals surface area contributed by atoms with Crippen LogP contribution in [0.4, 0.5) is 0 Å². The number of methoxy groups -OCH3 is 1. The summed E-state index contributed by atoms with van der Waals surface area (Å²) in [5, 5.41) is 9.31. The Bertz CT molecular complexity index is 368. The molecule has 0 radical (unpaired) electrons. The zero-order valence-electron chi connectivity index (χ0n) is 11.3. The number of benzene rings is 1. The van der Waals surface area contributed by atoms with Crippen molar-refractivity contribution in [2.45, 2.75) is 38.8 Å². The molecule has 4 heteroatoms. The molecule has 0 aromatic heterocycles. The van der Waals surface area contributed by atoms with Gasteiger partial charge in [-0.3, -0.25) is 0 Å². The SMILES string of the molecule is CCc1ccc(OC(CO)C(N)CC)c(OC)c1. The molecule has 0 aliphatic rings. The molecule has 0 bridgehead atoms. The third kappa shape index (κ3) is 3.62. The van der Waals surface area contributed by atoms with Crippen molar-refractivity contribution < 1.29 is 14.6 Å². The Kier molecular flexibility index (Phi) is 5.95. The minimum atomic E-state index is -0.406. The average molecular weight is 253 g/mol. The molecule has 0 fully saturated rings. The molecule has 4 nitrogen and oxygen atoms in total. The molecule has 0 saturated heterocycles. The molecular weight excluding hydrogens is 230 g/mol. The second kappa shape index (κ2) is 7.24. The first kappa shape index (κ1) is 14.8. The molecule has 1 aromatic carbocycles. The first-order chi connectivity index (χ1) is 8.65. The second-order valence-corrected chi connectivity index (χ2v) is 4.25. The molecular formula is C14H23NO3. The molecule has 2 unspecified atom stereocenters. The maximum Gasteiger partial charge on any atom is 0.161 e. The van der Waals surface area contributed by atoms with E-state index in [4.69, 9.17) is 15.2 Å². The highest BCUT2D eigenvalue weighted by atomic mass is 16.5. The fraction of sp³-hybridized carbons (Fsp3) is 0.571. The minimum absolute atomic E-state index is 0.103. The van der Waals surface area contributed by atoms with Crippen molar-refractivity contribution in [3.8, 4) is 11.5 Å². The zero-order valence-corrected chi connectivity index (χ0v) is 11.3. The summed E-state index contributed by atoms with van der Waals surface area (Å²) in [6, 6.07) is 5.61. The third-order valence-corrected chi connectivity index (χ3v) is 3.04. The lowest BCUT2D eigenvalue weighted by molar-refractivity contribution is 0.0905. The highest BCUT2D eigenvalue weighted by Gasteiger charge is 2.19. The standard InChI is InChI=1S/C14H23NO3/c1-4-10-6-7-12(13(8-10)17-3)18-14(9-16)11(15)5-2/h6-8,11,14,16H,4-5,9,15H2,1-3H3. The van der Waals surface area contributed by atoms with E-state index in [2.05, 4.69) is 6.92 Å². The molecule has 102 valence electrons. The molecule has 18 heavy (non-hydrogen) atoms. The van der Waals surface area contributed by atoms with E-state index in [1.54, 1.807) is 7.11 Å². The number of aryl methyl sites for hydroxylation is 1. The van der Waals surface area contributed by atoms with Gasteiger partial charge in [0, 0.05) is 6.04 Å². The Morgan fingerprint density at radius 2 is 2.00 bits per heavy atom. The van der Waals surface area contributed by atoms with Gasteiger partial charge in [0.15, 0.2) is 11.5 Å². The molecule has 0 aliphatic carbocycles. The summed E-state index contributed by atoms with van der Waals surface area (Å²) in [5.41, 5.74) is 7.08. The number of rotatable bonds is 7. The lowest BCUT2D eigenvalue weighted by atomic mass is 10.1. The van der Waals surface area contributed by atoms with Gasteiger partial charge in [-0.25, -0.2) is 0 Å². The van der Waals surface area contributed by atoms with Crippen LogP contribution in [0.1, 0.15) is 25.8 Å². The topological polar surface area (TPSA) is 64.7 Å². The van der Waals surface area contributed by atoms with E-state index in [9.17, 15) is 5.11 Å². The van der Waals surface area contributed by atoms with Crippen LogP contribution in [-0.2, 0) is 6.42 Å². The Morgan fingerprint density at radius 1 is 1.28 bits per heavy atom. The maximum atomic E-state index is 9.31. The van der Waals surface area contributed by atoms with Crippen LogP contribution in [0, 0.1) is 0 Å². The first-order valence-electron chi connectivity index (χ1n) is 6.36. The molecule has 1 aromatic rings. The van der Waals surface area contributed by atoms with Crippen LogP contribution in [0.25, 0.3) is 0 Å². The van der Waals surface area contributed by atoms with Crippen LogP contribution >= 0.6 is 0 Å². The molecule has 3 N–H and O–H groups in total. The Hall–Kier alpha value is -1.26. The van der Waals surface area contributed by atoms with E-state index >= 15 is 0 Å². The van der Waals surface area contributed by atoms with Crippen LogP contribution in [0.2, 0.25) is 0 Å². The van der Waals surface area contributed by atoms with E-state index < -0.39 is 6.10 Å². The summed E-state index contributed by atoms with van der Waals surface area (Å²) in [4.78, 5) is 0. The van der Waals surface area contributed by atoms with Crippen LogP contribution in [0.3, 0.4) is 0 Å². The largest absolute Gasteiger partial charge is 0.493 e. The third-order valence-electron chi connectivity index (χ3n) is 3.04. The summed E-state index contributed by atoms with van der Waals surface area (Å²) in [6.07, 6.45) is 1.28. The molecule has 1 rings (SSSR count). The van der Waals surface area contributed by atoms with Gasteiger partial charge in [-0.2, -0.15) is 0 Å². The number of hydrogen-bond donors (Lipinski definition) is 2. The van der Waals surface area contributed by atoms with Crippen molar-refractivity contribution >= 4 is 0 Å². The summed E-state index contributed by atoms with van der Waals surface area (Å²) < 4.78 is 11.0. The van der Waals surface area contributed by atoms with Gasteiger partial charge >= 0.3 is 0 Å². The Balaban J connectivity index is 2.88. The van der Waals surface area contributed by atoms with Crippen molar-refractivity contribution in [2.24, 2.45) is 5.73 Å². The van der Waals surface area contributed by atoms with E-state index in [1.165, 1.54) is 5.56 Å². The van der Waals surface area contributed by atoms with Gasteiger partial charge in [0.2, 0.25) is 0 Å². The number of aliphatic hydroxyl groups excluding tert-OH is 1. The number of ether oxygens (including phenoxy) is 2. The fourth-order valence-electron chi connectivity index (χ4n) is 1.72. The lowest BCUT2D eigenvalue weighted by Gasteiger charge is -2.23. The second-order valence-electron chi connectivity index (χ2n) is 4.25. The molecule has 2 atom stereocenters. The molecule has 0 spiro atoms. The van der Waals surface area contributed by atoms with Crippen LogP contribution < -0.4 is 15.2 Å². The van der Waals surface area contributed by atoms with E-state index in [0.29, 0.717) is 11.5 Å². The van der Waals surface area contributed by atoms with Gasteiger partial charge in [-0.1, -0.05) is 19.9 Å². The van der Waals surface area contributed by atoms with Gasteiger partial charge in [0.05, 0.1) is 13.7 Å². The highest BCUT2D eigenvalue weighted by molar-refractivity contribution is 5.43. The van der Waals surface area contributed by atoms with Crippen LogP contribution in [0.5, 0.6) is 11.5 Å². The lowest BCUT2D eigenvalue weighted by Crippen LogP contribution is -2.41. The zero-order chi connectivity index (χ0) is 13.5. The summed E-state index contributed by atoms with van der Waals surface area (Å²) in [5.74, 6) is 1.30. The van der Waals surface area contributed by atoms with Gasteiger partial charge in [-0.15, -0.1) is 0 Å².